The number of amides is 1. The van der Waals surface area contributed by atoms with Crippen LogP contribution < -0.4 is 0 Å². The van der Waals surface area contributed by atoms with Gasteiger partial charge in [0.05, 0.1) is 17.2 Å². The van der Waals surface area contributed by atoms with Crippen LogP contribution in [0.4, 0.5) is 0 Å². The first-order valence-electron chi connectivity index (χ1n) is 8.52. The fraction of sp³-hybridized carbons (Fsp3) is 0.688. The molecule has 146 valence electrons. The van der Waals surface area contributed by atoms with E-state index in [1.807, 2.05) is 6.92 Å². The van der Waals surface area contributed by atoms with E-state index in [1.54, 1.807) is 14.0 Å². The molecule has 8 nitrogen and oxygen atoms in total. The average Bonchev–Trinajstić information content (AvgIpc) is 3.04. The molecular formula is C16H24ClN3O5S. The van der Waals surface area contributed by atoms with Crippen molar-refractivity contribution >= 4 is 33.3 Å². The predicted molar refractivity (Wildman–Crippen MR) is 96.9 cm³/mol. The summed E-state index contributed by atoms with van der Waals surface area (Å²) < 4.78 is 29.9. The van der Waals surface area contributed by atoms with Crippen LogP contribution in [0.1, 0.15) is 42.2 Å². The van der Waals surface area contributed by atoms with Crippen molar-refractivity contribution in [1.82, 2.24) is 14.7 Å². The molecule has 1 atom stereocenters. The number of carbonyl (C=O) groups is 2. The van der Waals surface area contributed by atoms with Gasteiger partial charge in [-0.2, -0.15) is 5.10 Å². The van der Waals surface area contributed by atoms with Crippen LogP contribution >= 0.6 is 11.6 Å². The average molecular weight is 406 g/mol. The van der Waals surface area contributed by atoms with Gasteiger partial charge in [-0.15, -0.1) is 0 Å². The van der Waals surface area contributed by atoms with E-state index in [-0.39, 0.29) is 28.3 Å². The van der Waals surface area contributed by atoms with Gasteiger partial charge >= 0.3 is 5.97 Å². The Morgan fingerprint density at radius 3 is 2.62 bits per heavy atom. The van der Waals surface area contributed by atoms with Crippen LogP contribution in [0.25, 0.3) is 0 Å². The van der Waals surface area contributed by atoms with Crippen molar-refractivity contribution in [3.63, 3.8) is 0 Å². The molecule has 2 rings (SSSR count). The Morgan fingerprint density at radius 1 is 1.42 bits per heavy atom. The van der Waals surface area contributed by atoms with Gasteiger partial charge in [-0.25, -0.2) is 13.2 Å². The first kappa shape index (κ1) is 20.7. The molecule has 1 fully saturated rings. The molecule has 0 N–H and O–H groups in total. The van der Waals surface area contributed by atoms with Gasteiger partial charge in [-0.1, -0.05) is 24.9 Å². The number of unbranched alkanes of at least 4 members (excludes halogenated alkanes) is 1. The van der Waals surface area contributed by atoms with Crippen molar-refractivity contribution in [3.05, 3.63) is 16.4 Å². The molecule has 1 aliphatic rings. The Bertz CT molecular complexity index is 790. The lowest BCUT2D eigenvalue weighted by Gasteiger charge is -2.28. The summed E-state index contributed by atoms with van der Waals surface area (Å²) in [6, 6.07) is -0.360. The van der Waals surface area contributed by atoms with Crippen LogP contribution in [0.3, 0.4) is 0 Å². The monoisotopic (exact) mass is 405 g/mol. The highest BCUT2D eigenvalue weighted by molar-refractivity contribution is 7.91. The number of rotatable bonds is 7. The first-order chi connectivity index (χ1) is 12.2. The normalized spacial score (nSPS) is 18.7. The molecule has 1 aromatic heterocycles. The highest BCUT2D eigenvalue weighted by atomic mass is 35.5. The van der Waals surface area contributed by atoms with Crippen molar-refractivity contribution in [2.24, 2.45) is 7.05 Å². The summed E-state index contributed by atoms with van der Waals surface area (Å²) in [4.78, 5) is 26.3. The molecule has 26 heavy (non-hydrogen) atoms. The van der Waals surface area contributed by atoms with E-state index in [2.05, 4.69) is 5.10 Å². The van der Waals surface area contributed by atoms with E-state index >= 15 is 0 Å². The second-order valence-corrected chi connectivity index (χ2v) is 9.04. The van der Waals surface area contributed by atoms with Crippen LogP contribution in [0, 0.1) is 6.92 Å². The molecule has 1 aromatic rings. The van der Waals surface area contributed by atoms with E-state index in [1.165, 1.54) is 9.58 Å². The fourth-order valence-corrected chi connectivity index (χ4v) is 4.99. The van der Waals surface area contributed by atoms with Gasteiger partial charge < -0.3 is 9.64 Å². The Kier molecular flexibility index (Phi) is 6.68. The zero-order valence-electron chi connectivity index (χ0n) is 15.2. The van der Waals surface area contributed by atoms with Crippen LogP contribution in [-0.2, 0) is 26.4 Å². The molecule has 0 spiro atoms. The van der Waals surface area contributed by atoms with E-state index in [9.17, 15) is 18.0 Å². The van der Waals surface area contributed by atoms with E-state index < -0.39 is 28.3 Å². The Balaban J connectivity index is 2.03. The third kappa shape index (κ3) is 4.76. The summed E-state index contributed by atoms with van der Waals surface area (Å²) in [7, 11) is -1.51. The van der Waals surface area contributed by atoms with Gasteiger partial charge in [-0.3, -0.25) is 9.48 Å². The minimum Gasteiger partial charge on any atom is -0.452 e. The van der Waals surface area contributed by atoms with Crippen LogP contribution in [0.2, 0.25) is 5.15 Å². The number of carbonyl (C=O) groups excluding carboxylic acids is 2. The molecule has 1 amide bonds. The Labute approximate surface area is 158 Å². The smallest absolute Gasteiger partial charge is 0.343 e. The summed E-state index contributed by atoms with van der Waals surface area (Å²) in [5.41, 5.74) is 0.546. The van der Waals surface area contributed by atoms with Crippen molar-refractivity contribution in [2.75, 3.05) is 24.7 Å². The quantitative estimate of drug-likeness (QED) is 0.635. The number of ether oxygens (including phenoxy) is 1. The van der Waals surface area contributed by atoms with E-state index in [0.717, 1.165) is 12.8 Å². The first-order valence-corrected chi connectivity index (χ1v) is 10.7. The second-order valence-electron chi connectivity index (χ2n) is 6.45. The third-order valence-corrected chi connectivity index (χ3v) is 6.59. The summed E-state index contributed by atoms with van der Waals surface area (Å²) in [5.74, 6) is -1.07. The van der Waals surface area contributed by atoms with Crippen molar-refractivity contribution in [1.29, 1.82) is 0 Å². The summed E-state index contributed by atoms with van der Waals surface area (Å²) in [6.45, 7) is 3.60. The SMILES string of the molecule is CCCCN(C(=O)COC(=O)c1c(C)nn(C)c1Cl)C1CCS(=O)(=O)C1. The number of aromatic nitrogens is 2. The molecule has 0 aliphatic carbocycles. The summed E-state index contributed by atoms with van der Waals surface area (Å²) in [5, 5.41) is 4.18. The van der Waals surface area contributed by atoms with Gasteiger partial charge in [0.2, 0.25) is 0 Å². The lowest BCUT2D eigenvalue weighted by molar-refractivity contribution is -0.136. The molecule has 0 radical (unpaired) electrons. The Morgan fingerprint density at radius 2 is 2.12 bits per heavy atom. The topological polar surface area (TPSA) is 98.6 Å². The van der Waals surface area contributed by atoms with Gasteiger partial charge in [0.25, 0.3) is 5.91 Å². The number of hydrogen-bond donors (Lipinski definition) is 0. The predicted octanol–water partition coefficient (Wildman–Crippen LogP) is 1.35. The van der Waals surface area contributed by atoms with Crippen molar-refractivity contribution in [2.45, 2.75) is 39.2 Å². The second kappa shape index (κ2) is 8.39. The third-order valence-electron chi connectivity index (χ3n) is 4.41. The van der Waals surface area contributed by atoms with Gasteiger partial charge in [0.1, 0.15) is 10.7 Å². The molecule has 0 aromatic carbocycles. The molecule has 10 heteroatoms. The van der Waals surface area contributed by atoms with Gasteiger partial charge in [0.15, 0.2) is 16.4 Å². The van der Waals surface area contributed by atoms with Crippen LogP contribution in [0.5, 0.6) is 0 Å². The molecule has 1 aliphatic heterocycles. The van der Waals surface area contributed by atoms with Crippen molar-refractivity contribution < 1.29 is 22.7 Å². The van der Waals surface area contributed by atoms with Gasteiger partial charge in [-0.05, 0) is 19.8 Å². The highest BCUT2D eigenvalue weighted by Crippen LogP contribution is 2.21. The highest BCUT2D eigenvalue weighted by Gasteiger charge is 2.34. The number of hydrogen-bond acceptors (Lipinski definition) is 6. The number of aryl methyl sites for hydroxylation is 2. The molecular weight excluding hydrogens is 382 g/mol. The molecule has 1 saturated heterocycles. The standard InChI is InChI=1S/C16H24ClN3O5S/c1-4-5-7-20(12-6-8-26(23,24)10-12)13(21)9-25-16(22)14-11(2)18-19(3)15(14)17/h12H,4-10H2,1-3H3. The Hall–Kier alpha value is -1.61. The van der Waals surface area contributed by atoms with Gasteiger partial charge in [0, 0.05) is 19.6 Å². The molecule has 0 saturated carbocycles. The molecule has 2 heterocycles. The maximum atomic E-state index is 12.6. The lowest BCUT2D eigenvalue weighted by atomic mass is 10.2. The number of nitrogens with zero attached hydrogens (tertiary/aromatic N) is 3. The minimum absolute atomic E-state index is 0.0378. The zero-order chi connectivity index (χ0) is 19.5. The number of halogens is 1. The van der Waals surface area contributed by atoms with E-state index in [4.69, 9.17) is 16.3 Å². The molecule has 0 bridgehead atoms. The van der Waals surface area contributed by atoms with E-state index in [0.29, 0.717) is 18.7 Å². The molecule has 1 unspecified atom stereocenters. The van der Waals surface area contributed by atoms with Crippen LogP contribution in [-0.4, -0.2) is 65.7 Å². The number of sulfone groups is 1. The van der Waals surface area contributed by atoms with Crippen LogP contribution in [0.15, 0.2) is 0 Å². The summed E-state index contributed by atoms with van der Waals surface area (Å²) >= 11 is 6.03. The minimum atomic E-state index is -3.11. The van der Waals surface area contributed by atoms with Crippen molar-refractivity contribution in [3.8, 4) is 0 Å². The maximum absolute atomic E-state index is 12.6. The fourth-order valence-electron chi connectivity index (χ4n) is 3.00. The zero-order valence-corrected chi connectivity index (χ0v) is 16.8. The number of esters is 1. The summed E-state index contributed by atoms with van der Waals surface area (Å²) in [6.07, 6.45) is 2.04. The lowest BCUT2D eigenvalue weighted by Crippen LogP contribution is -2.43. The largest absolute Gasteiger partial charge is 0.452 e. The maximum Gasteiger partial charge on any atom is 0.343 e.